The van der Waals surface area contributed by atoms with Gasteiger partial charge in [0, 0.05) is 12.3 Å². The molecule has 0 aromatic heterocycles. The molecule has 2 atom stereocenters. The van der Waals surface area contributed by atoms with Gasteiger partial charge in [0.15, 0.2) is 6.10 Å². The first-order valence-electron chi connectivity index (χ1n) is 6.15. The zero-order valence-corrected chi connectivity index (χ0v) is 12.4. The molecule has 0 spiro atoms. The smallest absolute Gasteiger partial charge is 0.260 e. The van der Waals surface area contributed by atoms with Gasteiger partial charge in [-0.25, -0.2) is 0 Å². The van der Waals surface area contributed by atoms with Crippen molar-refractivity contribution in [1.29, 1.82) is 0 Å². The van der Waals surface area contributed by atoms with Crippen LogP contribution >= 0.6 is 11.8 Å². The molecule has 1 amide bonds. The summed E-state index contributed by atoms with van der Waals surface area (Å²) in [4.78, 5) is 11.8. The summed E-state index contributed by atoms with van der Waals surface area (Å²) in [5.74, 6) is 0.993. The average Bonchev–Trinajstić information content (AvgIpc) is 2.37. The van der Waals surface area contributed by atoms with Gasteiger partial charge >= 0.3 is 0 Å². The summed E-state index contributed by atoms with van der Waals surface area (Å²) in [7, 11) is 0. The molecule has 1 aromatic rings. The minimum absolute atomic E-state index is 0.217. The summed E-state index contributed by atoms with van der Waals surface area (Å²) < 4.78 is 5.50. The van der Waals surface area contributed by atoms with E-state index in [1.165, 1.54) is 11.8 Å². The maximum atomic E-state index is 11.8. The summed E-state index contributed by atoms with van der Waals surface area (Å²) in [5.41, 5.74) is -0.901. The standard InChI is InChI=1S/C14H21NO3S/c1-11(18-12-7-5-4-6-8-12)13(16)15-9-14(2,17)10-19-3/h4-8,11,17H,9-10H2,1-3H3,(H,15,16). The highest BCUT2D eigenvalue weighted by Gasteiger charge is 2.22. The van der Waals surface area contributed by atoms with E-state index in [0.29, 0.717) is 11.5 Å². The molecule has 1 aromatic carbocycles. The molecule has 0 fully saturated rings. The molecule has 0 saturated carbocycles. The second-order valence-electron chi connectivity index (χ2n) is 4.72. The van der Waals surface area contributed by atoms with Crippen molar-refractivity contribution >= 4 is 17.7 Å². The third-order valence-corrected chi connectivity index (χ3v) is 3.43. The summed E-state index contributed by atoms with van der Waals surface area (Å²) in [5, 5.41) is 12.7. The van der Waals surface area contributed by atoms with Gasteiger partial charge in [-0.15, -0.1) is 0 Å². The monoisotopic (exact) mass is 283 g/mol. The van der Waals surface area contributed by atoms with E-state index in [1.54, 1.807) is 26.0 Å². The van der Waals surface area contributed by atoms with E-state index in [2.05, 4.69) is 5.32 Å². The van der Waals surface area contributed by atoms with Gasteiger partial charge in [-0.3, -0.25) is 4.79 Å². The van der Waals surface area contributed by atoms with Gasteiger partial charge in [0.05, 0.1) is 5.60 Å². The van der Waals surface area contributed by atoms with Crippen molar-refractivity contribution in [1.82, 2.24) is 5.32 Å². The Bertz CT molecular complexity index is 395. The van der Waals surface area contributed by atoms with Gasteiger partial charge in [0.2, 0.25) is 0 Å². The van der Waals surface area contributed by atoms with Crippen LogP contribution in [-0.4, -0.2) is 41.3 Å². The molecule has 0 aliphatic rings. The molecule has 5 heteroatoms. The number of hydrogen-bond donors (Lipinski definition) is 2. The first kappa shape index (κ1) is 15.9. The second-order valence-corrected chi connectivity index (χ2v) is 5.59. The Kier molecular flexibility index (Phi) is 6.18. The van der Waals surface area contributed by atoms with Crippen molar-refractivity contribution in [2.24, 2.45) is 0 Å². The minimum atomic E-state index is -0.901. The fraction of sp³-hybridized carbons (Fsp3) is 0.500. The third kappa shape index (κ3) is 5.98. The lowest BCUT2D eigenvalue weighted by Crippen LogP contribution is -2.46. The van der Waals surface area contributed by atoms with E-state index in [0.717, 1.165) is 0 Å². The van der Waals surface area contributed by atoms with E-state index in [9.17, 15) is 9.90 Å². The van der Waals surface area contributed by atoms with Crippen LogP contribution in [-0.2, 0) is 4.79 Å². The molecule has 0 radical (unpaired) electrons. The lowest BCUT2D eigenvalue weighted by Gasteiger charge is -2.23. The zero-order chi connectivity index (χ0) is 14.3. The minimum Gasteiger partial charge on any atom is -0.481 e. The highest BCUT2D eigenvalue weighted by molar-refractivity contribution is 7.98. The van der Waals surface area contributed by atoms with Crippen LogP contribution in [0.1, 0.15) is 13.8 Å². The normalized spacial score (nSPS) is 15.4. The molecular weight excluding hydrogens is 262 g/mol. The average molecular weight is 283 g/mol. The molecule has 2 N–H and O–H groups in total. The number of hydrogen-bond acceptors (Lipinski definition) is 4. The molecule has 106 valence electrons. The second kappa shape index (κ2) is 7.40. The third-order valence-electron chi connectivity index (χ3n) is 2.52. The molecular formula is C14H21NO3S. The van der Waals surface area contributed by atoms with E-state index in [-0.39, 0.29) is 12.5 Å². The summed E-state index contributed by atoms with van der Waals surface area (Å²) in [6.45, 7) is 3.60. The van der Waals surface area contributed by atoms with Gasteiger partial charge in [-0.05, 0) is 32.2 Å². The van der Waals surface area contributed by atoms with Gasteiger partial charge in [-0.1, -0.05) is 18.2 Å². The molecule has 0 heterocycles. The van der Waals surface area contributed by atoms with E-state index in [4.69, 9.17) is 4.74 Å². The lowest BCUT2D eigenvalue weighted by atomic mass is 10.1. The Morgan fingerprint density at radius 2 is 2.11 bits per heavy atom. The van der Waals surface area contributed by atoms with Crippen molar-refractivity contribution in [3.63, 3.8) is 0 Å². The maximum Gasteiger partial charge on any atom is 0.260 e. The van der Waals surface area contributed by atoms with Gasteiger partial charge in [-0.2, -0.15) is 11.8 Å². The Balaban J connectivity index is 2.41. The fourth-order valence-electron chi connectivity index (χ4n) is 1.54. The van der Waals surface area contributed by atoms with Crippen LogP contribution in [0.4, 0.5) is 0 Å². The van der Waals surface area contributed by atoms with Gasteiger partial charge in [0.1, 0.15) is 5.75 Å². The van der Waals surface area contributed by atoms with E-state index >= 15 is 0 Å². The fourth-order valence-corrected chi connectivity index (χ4v) is 2.26. The van der Waals surface area contributed by atoms with Crippen LogP contribution in [0.15, 0.2) is 30.3 Å². The van der Waals surface area contributed by atoms with Crippen LogP contribution in [0.2, 0.25) is 0 Å². The topological polar surface area (TPSA) is 58.6 Å². The SMILES string of the molecule is CSCC(C)(O)CNC(=O)C(C)Oc1ccccc1. The van der Waals surface area contributed by atoms with Crippen LogP contribution < -0.4 is 10.1 Å². The number of rotatable bonds is 7. The largest absolute Gasteiger partial charge is 0.481 e. The molecule has 0 saturated heterocycles. The molecule has 0 aliphatic heterocycles. The molecule has 0 bridgehead atoms. The van der Waals surface area contributed by atoms with Crippen molar-refractivity contribution in [3.8, 4) is 5.75 Å². The first-order valence-corrected chi connectivity index (χ1v) is 7.55. The van der Waals surface area contributed by atoms with E-state index < -0.39 is 11.7 Å². The molecule has 19 heavy (non-hydrogen) atoms. The quantitative estimate of drug-likeness (QED) is 0.799. The number of thioether (sulfide) groups is 1. The van der Waals surface area contributed by atoms with Crippen molar-refractivity contribution in [3.05, 3.63) is 30.3 Å². The summed E-state index contributed by atoms with van der Waals surface area (Å²) in [6.07, 6.45) is 1.32. The lowest BCUT2D eigenvalue weighted by molar-refractivity contribution is -0.128. The highest BCUT2D eigenvalue weighted by atomic mass is 32.2. The van der Waals surface area contributed by atoms with Crippen LogP contribution in [0.25, 0.3) is 0 Å². The number of benzene rings is 1. The van der Waals surface area contributed by atoms with Crippen LogP contribution in [0, 0.1) is 0 Å². The van der Waals surface area contributed by atoms with Gasteiger partial charge < -0.3 is 15.2 Å². The Morgan fingerprint density at radius 1 is 1.47 bits per heavy atom. The highest BCUT2D eigenvalue weighted by Crippen LogP contribution is 2.12. The van der Waals surface area contributed by atoms with Crippen LogP contribution in [0.5, 0.6) is 5.75 Å². The Morgan fingerprint density at radius 3 is 2.68 bits per heavy atom. The van der Waals surface area contributed by atoms with E-state index in [1.807, 2.05) is 24.5 Å². The Hall–Kier alpha value is -1.20. The Labute approximate surface area is 118 Å². The number of para-hydroxylation sites is 1. The first-order chi connectivity index (χ1) is 8.94. The molecule has 1 rings (SSSR count). The summed E-state index contributed by atoms with van der Waals surface area (Å²) in [6, 6.07) is 9.19. The van der Waals surface area contributed by atoms with Crippen molar-refractivity contribution in [2.75, 3.05) is 18.6 Å². The van der Waals surface area contributed by atoms with Crippen molar-refractivity contribution in [2.45, 2.75) is 25.6 Å². The predicted octanol–water partition coefficient (Wildman–Crippen LogP) is 1.68. The molecule has 2 unspecified atom stereocenters. The predicted molar refractivity (Wildman–Crippen MR) is 78.5 cm³/mol. The maximum absolute atomic E-state index is 11.8. The number of carbonyl (C=O) groups excluding carboxylic acids is 1. The number of carbonyl (C=O) groups is 1. The zero-order valence-electron chi connectivity index (χ0n) is 11.6. The summed E-state index contributed by atoms with van der Waals surface area (Å²) >= 11 is 1.54. The molecule has 4 nitrogen and oxygen atoms in total. The number of aliphatic hydroxyl groups is 1. The molecule has 0 aliphatic carbocycles. The number of amides is 1. The van der Waals surface area contributed by atoms with Crippen LogP contribution in [0.3, 0.4) is 0 Å². The van der Waals surface area contributed by atoms with Gasteiger partial charge in [0.25, 0.3) is 5.91 Å². The van der Waals surface area contributed by atoms with Crippen molar-refractivity contribution < 1.29 is 14.6 Å². The number of ether oxygens (including phenoxy) is 1. The number of nitrogens with one attached hydrogen (secondary N) is 1.